The van der Waals surface area contributed by atoms with Crippen LogP contribution in [0.4, 0.5) is 4.39 Å². The number of nitriles is 1. The molecule has 0 aliphatic carbocycles. The zero-order valence-corrected chi connectivity index (χ0v) is 9.36. The molecule has 0 spiro atoms. The Morgan fingerprint density at radius 2 is 1.82 bits per heavy atom. The third-order valence-electron chi connectivity index (χ3n) is 2.64. The average molecular weight is 225 g/mol. The molecule has 0 radical (unpaired) electrons. The highest BCUT2D eigenvalue weighted by Gasteiger charge is 2.05. The van der Waals surface area contributed by atoms with E-state index in [1.807, 2.05) is 36.4 Å². The largest absolute Gasteiger partial charge is 0.206 e. The molecule has 17 heavy (non-hydrogen) atoms. The van der Waals surface area contributed by atoms with Crippen molar-refractivity contribution in [2.75, 3.05) is 0 Å². The quantitative estimate of drug-likeness (QED) is 0.775. The van der Waals surface area contributed by atoms with E-state index in [1.54, 1.807) is 6.07 Å². The number of nitrogens with zero attached hydrogens (tertiary/aromatic N) is 1. The van der Waals surface area contributed by atoms with Gasteiger partial charge in [0, 0.05) is 12.0 Å². The molecule has 0 atom stereocenters. The summed E-state index contributed by atoms with van der Waals surface area (Å²) in [6, 6.07) is 16.7. The maximum absolute atomic E-state index is 13.9. The molecular formula is C15H12FN. The van der Waals surface area contributed by atoms with Crippen molar-refractivity contribution in [2.45, 2.75) is 12.8 Å². The van der Waals surface area contributed by atoms with Crippen LogP contribution in [0.2, 0.25) is 0 Å². The van der Waals surface area contributed by atoms with Gasteiger partial charge < -0.3 is 0 Å². The topological polar surface area (TPSA) is 23.8 Å². The Morgan fingerprint density at radius 3 is 2.47 bits per heavy atom. The molecular weight excluding hydrogens is 213 g/mol. The summed E-state index contributed by atoms with van der Waals surface area (Å²) in [6.45, 7) is 0. The molecule has 0 aliphatic heterocycles. The zero-order valence-electron chi connectivity index (χ0n) is 9.36. The van der Waals surface area contributed by atoms with Gasteiger partial charge in [-0.1, -0.05) is 42.5 Å². The van der Waals surface area contributed by atoms with Crippen molar-refractivity contribution >= 4 is 0 Å². The lowest BCUT2D eigenvalue weighted by Gasteiger charge is -2.05. The molecule has 2 aromatic carbocycles. The van der Waals surface area contributed by atoms with Crippen LogP contribution in [0.25, 0.3) is 11.1 Å². The molecule has 0 heterocycles. The molecule has 0 saturated carbocycles. The van der Waals surface area contributed by atoms with Gasteiger partial charge >= 0.3 is 0 Å². The fraction of sp³-hybridized carbons (Fsp3) is 0.133. The Morgan fingerprint density at radius 1 is 1.06 bits per heavy atom. The highest BCUT2D eigenvalue weighted by atomic mass is 19.1. The molecule has 2 rings (SSSR count). The summed E-state index contributed by atoms with van der Waals surface area (Å²) in [5.74, 6) is -0.230. The van der Waals surface area contributed by atoms with Crippen LogP contribution in [-0.4, -0.2) is 0 Å². The van der Waals surface area contributed by atoms with Crippen molar-refractivity contribution in [1.82, 2.24) is 0 Å². The molecule has 0 N–H and O–H groups in total. The summed E-state index contributed by atoms with van der Waals surface area (Å²) in [7, 11) is 0. The molecule has 0 fully saturated rings. The van der Waals surface area contributed by atoms with Crippen LogP contribution in [0.5, 0.6) is 0 Å². The fourth-order valence-corrected chi connectivity index (χ4v) is 1.77. The minimum Gasteiger partial charge on any atom is -0.206 e. The third-order valence-corrected chi connectivity index (χ3v) is 2.64. The third kappa shape index (κ3) is 2.70. The second-order valence-electron chi connectivity index (χ2n) is 3.84. The first-order valence-corrected chi connectivity index (χ1v) is 5.52. The number of hydrogen-bond acceptors (Lipinski definition) is 1. The van der Waals surface area contributed by atoms with E-state index in [9.17, 15) is 4.39 Å². The summed E-state index contributed by atoms with van der Waals surface area (Å²) in [6.07, 6.45) is 1.02. The van der Waals surface area contributed by atoms with Crippen LogP contribution < -0.4 is 0 Å². The predicted molar refractivity (Wildman–Crippen MR) is 65.8 cm³/mol. The van der Waals surface area contributed by atoms with Gasteiger partial charge in [-0.05, 0) is 23.6 Å². The minimum atomic E-state index is -0.230. The molecule has 1 nitrogen and oxygen atoms in total. The van der Waals surface area contributed by atoms with Crippen molar-refractivity contribution in [3.63, 3.8) is 0 Å². The first-order chi connectivity index (χ1) is 8.31. The Balaban J connectivity index is 2.30. The number of benzene rings is 2. The van der Waals surface area contributed by atoms with Crippen LogP contribution >= 0.6 is 0 Å². The van der Waals surface area contributed by atoms with E-state index in [1.165, 1.54) is 6.07 Å². The molecule has 84 valence electrons. The summed E-state index contributed by atoms with van der Waals surface area (Å²) in [5.41, 5.74) is 2.34. The molecule has 2 aromatic rings. The maximum atomic E-state index is 13.9. The predicted octanol–water partition coefficient (Wildman–Crippen LogP) is 3.95. The van der Waals surface area contributed by atoms with Gasteiger partial charge in [-0.25, -0.2) is 4.39 Å². The molecule has 2 heteroatoms. The van der Waals surface area contributed by atoms with E-state index < -0.39 is 0 Å². The second-order valence-corrected chi connectivity index (χ2v) is 3.84. The van der Waals surface area contributed by atoms with Gasteiger partial charge in [0.1, 0.15) is 5.82 Å². The maximum Gasteiger partial charge on any atom is 0.131 e. The van der Waals surface area contributed by atoms with Crippen molar-refractivity contribution < 1.29 is 4.39 Å². The SMILES string of the molecule is N#CCCc1ccc(-c2ccccc2)c(F)c1. The number of halogens is 1. The van der Waals surface area contributed by atoms with Gasteiger partial charge in [0.25, 0.3) is 0 Å². The Labute approximate surface area is 100 Å². The highest BCUT2D eigenvalue weighted by molar-refractivity contribution is 5.64. The Kier molecular flexibility index (Phi) is 3.52. The van der Waals surface area contributed by atoms with Gasteiger partial charge in [-0.2, -0.15) is 5.26 Å². The van der Waals surface area contributed by atoms with E-state index >= 15 is 0 Å². The van der Waals surface area contributed by atoms with E-state index in [2.05, 4.69) is 6.07 Å². The van der Waals surface area contributed by atoms with E-state index in [-0.39, 0.29) is 5.82 Å². The average Bonchev–Trinajstić information content (AvgIpc) is 2.37. The lowest BCUT2D eigenvalue weighted by atomic mass is 10.0. The standard InChI is InChI=1S/C15H12FN/c16-15-11-12(5-4-10-17)8-9-14(15)13-6-2-1-3-7-13/h1-3,6-9,11H,4-5H2. The van der Waals surface area contributed by atoms with Crippen LogP contribution in [0.3, 0.4) is 0 Å². The fourth-order valence-electron chi connectivity index (χ4n) is 1.77. The van der Waals surface area contributed by atoms with Gasteiger partial charge in [0.05, 0.1) is 6.07 Å². The van der Waals surface area contributed by atoms with Crippen molar-refractivity contribution in [2.24, 2.45) is 0 Å². The van der Waals surface area contributed by atoms with Gasteiger partial charge in [-0.3, -0.25) is 0 Å². The number of rotatable bonds is 3. The molecule has 0 bridgehead atoms. The van der Waals surface area contributed by atoms with Gasteiger partial charge in [0.15, 0.2) is 0 Å². The summed E-state index contributed by atoms with van der Waals surface area (Å²) in [4.78, 5) is 0. The number of aryl methyl sites for hydroxylation is 1. The summed E-state index contributed by atoms with van der Waals surface area (Å²) < 4.78 is 13.9. The van der Waals surface area contributed by atoms with E-state index in [0.29, 0.717) is 18.4 Å². The van der Waals surface area contributed by atoms with E-state index in [0.717, 1.165) is 11.1 Å². The first-order valence-electron chi connectivity index (χ1n) is 5.52. The second kappa shape index (κ2) is 5.27. The Hall–Kier alpha value is -2.14. The van der Waals surface area contributed by atoms with Crippen LogP contribution in [0.15, 0.2) is 48.5 Å². The van der Waals surface area contributed by atoms with Crippen molar-refractivity contribution in [3.8, 4) is 17.2 Å². The number of hydrogen-bond donors (Lipinski definition) is 0. The molecule has 0 aromatic heterocycles. The zero-order chi connectivity index (χ0) is 12.1. The van der Waals surface area contributed by atoms with Crippen LogP contribution in [0, 0.1) is 17.1 Å². The smallest absolute Gasteiger partial charge is 0.131 e. The normalized spacial score (nSPS) is 9.88. The summed E-state index contributed by atoms with van der Waals surface area (Å²) in [5, 5.41) is 8.49. The van der Waals surface area contributed by atoms with Gasteiger partial charge in [0.2, 0.25) is 0 Å². The van der Waals surface area contributed by atoms with Gasteiger partial charge in [-0.15, -0.1) is 0 Å². The van der Waals surface area contributed by atoms with Crippen molar-refractivity contribution in [3.05, 3.63) is 59.9 Å². The molecule has 0 aliphatic rings. The molecule has 0 amide bonds. The lowest BCUT2D eigenvalue weighted by molar-refractivity contribution is 0.629. The van der Waals surface area contributed by atoms with Crippen LogP contribution in [0.1, 0.15) is 12.0 Å². The first kappa shape index (κ1) is 11.3. The Bertz CT molecular complexity index is 541. The minimum absolute atomic E-state index is 0.230. The highest BCUT2D eigenvalue weighted by Crippen LogP contribution is 2.23. The monoisotopic (exact) mass is 225 g/mol. The lowest BCUT2D eigenvalue weighted by Crippen LogP contribution is -1.89. The van der Waals surface area contributed by atoms with Crippen molar-refractivity contribution in [1.29, 1.82) is 5.26 Å². The molecule has 0 saturated heterocycles. The summed E-state index contributed by atoms with van der Waals surface area (Å²) >= 11 is 0. The molecule has 0 unspecified atom stereocenters. The van der Waals surface area contributed by atoms with Crippen LogP contribution in [-0.2, 0) is 6.42 Å². The van der Waals surface area contributed by atoms with E-state index in [4.69, 9.17) is 5.26 Å².